The van der Waals surface area contributed by atoms with Crippen LogP contribution in [0.4, 0.5) is 0 Å². The third-order valence-corrected chi connectivity index (χ3v) is 11.8. The second kappa shape index (κ2) is 13.9. The summed E-state index contributed by atoms with van der Waals surface area (Å²) in [4.78, 5) is 17.7. The number of likely N-dealkylation sites (tertiary alicyclic amines) is 1. The molecule has 1 saturated carbocycles. The second-order valence-corrected chi connectivity index (χ2v) is 14.4. The Hall–Kier alpha value is -3.15. The van der Waals surface area contributed by atoms with Gasteiger partial charge in [-0.25, -0.2) is 0 Å². The normalized spacial score (nSPS) is 26.1. The molecule has 2 fully saturated rings. The van der Waals surface area contributed by atoms with E-state index < -0.39 is 0 Å². The van der Waals surface area contributed by atoms with E-state index in [1.165, 1.54) is 60.8 Å². The highest BCUT2D eigenvalue weighted by Crippen LogP contribution is 2.64. The minimum atomic E-state index is 0.00565. The number of Topliss-reactive ketones (excluding diaryl/α,β-unsaturated/α-hetero) is 1. The number of hydrogen-bond acceptors (Lipinski definition) is 5. The zero-order chi connectivity index (χ0) is 31.5. The highest BCUT2D eigenvalue weighted by molar-refractivity contribution is 5.77. The van der Waals surface area contributed by atoms with E-state index >= 15 is 0 Å². The largest absolute Gasteiger partial charge is 0.493 e. The fourth-order valence-electron chi connectivity index (χ4n) is 9.82. The molecular weight excluding hydrogens is 568 g/mol. The summed E-state index contributed by atoms with van der Waals surface area (Å²) < 4.78 is 13.2. The van der Waals surface area contributed by atoms with E-state index in [1.54, 1.807) is 14.0 Å². The number of methoxy groups -OCH3 is 1. The zero-order valence-corrected chi connectivity index (χ0v) is 28.0. The molecule has 0 unspecified atom stereocenters. The van der Waals surface area contributed by atoms with Gasteiger partial charge in [-0.3, -0.25) is 14.6 Å². The Morgan fingerprint density at radius 2 is 1.59 bits per heavy atom. The Bertz CT molecular complexity index is 1480. The van der Waals surface area contributed by atoms with Crippen LogP contribution in [0.25, 0.3) is 0 Å². The zero-order valence-electron chi connectivity index (χ0n) is 28.0. The minimum Gasteiger partial charge on any atom is -0.493 e. The first-order chi connectivity index (χ1) is 22.6. The maximum atomic E-state index is 12.3. The molecule has 2 heterocycles. The Morgan fingerprint density at radius 1 is 0.891 bits per heavy atom. The van der Waals surface area contributed by atoms with Crippen molar-refractivity contribution in [1.82, 2.24) is 9.80 Å². The molecule has 5 heteroatoms. The number of nitrogens with zero attached hydrogens (tertiary/aromatic N) is 2. The lowest BCUT2D eigenvalue weighted by atomic mass is 9.51. The molecule has 7 rings (SSSR count). The smallest absolute Gasteiger partial charge is 0.165 e. The summed E-state index contributed by atoms with van der Waals surface area (Å²) in [7, 11) is 1.78. The molecule has 5 nitrogen and oxygen atoms in total. The summed E-state index contributed by atoms with van der Waals surface area (Å²) in [6, 6.07) is 27.1. The molecule has 4 aliphatic rings. The van der Waals surface area contributed by atoms with Crippen molar-refractivity contribution in [2.24, 2.45) is 5.92 Å². The average molecular weight is 621 g/mol. The molecule has 1 saturated heterocycles. The maximum absolute atomic E-state index is 12.3. The number of rotatable bonds is 15. The maximum Gasteiger partial charge on any atom is 0.165 e. The predicted octanol–water partition coefficient (Wildman–Crippen LogP) is 7.43. The number of piperidine rings is 1. The Balaban J connectivity index is 1.11. The number of carbonyl (C=O) groups excluding carboxylic acids is 1. The molecule has 1 spiro atoms. The number of aryl methyl sites for hydroxylation is 2. The molecule has 0 radical (unpaired) electrons. The quantitative estimate of drug-likeness (QED) is 0.165. The van der Waals surface area contributed by atoms with E-state index in [2.05, 4.69) is 82.6 Å². The van der Waals surface area contributed by atoms with Crippen molar-refractivity contribution in [2.45, 2.75) is 101 Å². The first-order valence-corrected chi connectivity index (χ1v) is 18.0. The molecule has 46 heavy (non-hydrogen) atoms. The lowest BCUT2D eigenvalue weighted by Gasteiger charge is -2.60. The third-order valence-electron chi connectivity index (χ3n) is 11.8. The van der Waals surface area contributed by atoms with Gasteiger partial charge in [-0.15, -0.1) is 0 Å². The lowest BCUT2D eigenvalue weighted by Crippen LogP contribution is -2.69. The molecule has 2 bridgehead atoms. The van der Waals surface area contributed by atoms with Crippen LogP contribution in [0, 0.1) is 5.92 Å². The van der Waals surface area contributed by atoms with Crippen LogP contribution in [0.2, 0.25) is 0 Å². The van der Waals surface area contributed by atoms with Crippen molar-refractivity contribution < 1.29 is 14.3 Å². The van der Waals surface area contributed by atoms with Gasteiger partial charge in [-0.05, 0) is 113 Å². The molecule has 0 N–H and O–H groups in total. The SMILES string of the molecule is COc1ccc2c3c1O[C@H]1[C@@H](N(CCCCCCc4ccccc4)CCCc4ccccc4)CC[C@H]4[C@@H](C2)N(CC(C)=O)CC[C@@]341. The number of ketones is 1. The van der Waals surface area contributed by atoms with Gasteiger partial charge < -0.3 is 9.47 Å². The van der Waals surface area contributed by atoms with Crippen molar-refractivity contribution >= 4 is 5.78 Å². The van der Waals surface area contributed by atoms with Gasteiger partial charge >= 0.3 is 0 Å². The fraction of sp³-hybridized carbons (Fsp3) is 0.537. The molecule has 5 atom stereocenters. The number of ether oxygens (including phenoxy) is 2. The van der Waals surface area contributed by atoms with Gasteiger partial charge in [0.1, 0.15) is 11.9 Å². The first-order valence-electron chi connectivity index (χ1n) is 18.0. The summed E-state index contributed by atoms with van der Waals surface area (Å²) in [5, 5.41) is 0. The highest BCUT2D eigenvalue weighted by Gasteiger charge is 2.66. The second-order valence-electron chi connectivity index (χ2n) is 14.4. The Morgan fingerprint density at radius 3 is 2.30 bits per heavy atom. The van der Waals surface area contributed by atoms with Crippen LogP contribution in [0.3, 0.4) is 0 Å². The van der Waals surface area contributed by atoms with E-state index in [4.69, 9.17) is 9.47 Å². The summed E-state index contributed by atoms with van der Waals surface area (Å²) in [6.07, 6.45) is 13.1. The summed E-state index contributed by atoms with van der Waals surface area (Å²) in [5.74, 6) is 2.70. The fourth-order valence-corrected chi connectivity index (χ4v) is 9.82. The molecule has 244 valence electrons. The molecular formula is C41H52N2O3. The predicted molar refractivity (Wildman–Crippen MR) is 185 cm³/mol. The first kappa shape index (κ1) is 31.4. The Labute approximate surface area is 276 Å². The van der Waals surface area contributed by atoms with Gasteiger partial charge in [0, 0.05) is 23.1 Å². The number of benzene rings is 3. The van der Waals surface area contributed by atoms with Crippen LogP contribution in [0.15, 0.2) is 72.8 Å². The van der Waals surface area contributed by atoms with Crippen molar-refractivity contribution in [2.75, 3.05) is 33.3 Å². The lowest BCUT2D eigenvalue weighted by molar-refractivity contribution is -0.123. The van der Waals surface area contributed by atoms with Crippen LogP contribution >= 0.6 is 0 Å². The van der Waals surface area contributed by atoms with Gasteiger partial charge in [0.25, 0.3) is 0 Å². The number of hydrogen-bond donors (Lipinski definition) is 0. The van der Waals surface area contributed by atoms with Gasteiger partial charge in [0.05, 0.1) is 13.7 Å². The summed E-state index contributed by atoms with van der Waals surface area (Å²) >= 11 is 0. The Kier molecular flexibility index (Phi) is 9.51. The minimum absolute atomic E-state index is 0.00565. The summed E-state index contributed by atoms with van der Waals surface area (Å²) in [6.45, 7) is 5.52. The van der Waals surface area contributed by atoms with Crippen LogP contribution < -0.4 is 9.47 Å². The number of unbranched alkanes of at least 4 members (excludes halogenated alkanes) is 3. The van der Waals surface area contributed by atoms with Gasteiger partial charge in [-0.1, -0.05) is 79.6 Å². The van der Waals surface area contributed by atoms with Crippen LogP contribution in [0.1, 0.15) is 80.5 Å². The van der Waals surface area contributed by atoms with Crippen LogP contribution in [0.5, 0.6) is 11.5 Å². The topological polar surface area (TPSA) is 42.0 Å². The van der Waals surface area contributed by atoms with Crippen LogP contribution in [-0.4, -0.2) is 67.1 Å². The van der Waals surface area contributed by atoms with E-state index in [0.29, 0.717) is 24.5 Å². The van der Waals surface area contributed by atoms with Crippen molar-refractivity contribution in [3.05, 3.63) is 95.1 Å². The monoisotopic (exact) mass is 620 g/mol. The van der Waals surface area contributed by atoms with E-state index in [-0.39, 0.29) is 17.3 Å². The van der Waals surface area contributed by atoms with Gasteiger partial charge in [0.15, 0.2) is 11.5 Å². The van der Waals surface area contributed by atoms with Gasteiger partial charge in [0.2, 0.25) is 0 Å². The van der Waals surface area contributed by atoms with Gasteiger partial charge in [-0.2, -0.15) is 0 Å². The van der Waals surface area contributed by atoms with E-state index in [9.17, 15) is 4.79 Å². The third kappa shape index (κ3) is 6.02. The summed E-state index contributed by atoms with van der Waals surface area (Å²) in [5.41, 5.74) is 5.76. The molecule has 0 aromatic heterocycles. The molecule has 2 aliphatic carbocycles. The van der Waals surface area contributed by atoms with Crippen molar-refractivity contribution in [3.63, 3.8) is 0 Å². The van der Waals surface area contributed by atoms with Crippen LogP contribution in [-0.2, 0) is 29.5 Å². The molecule has 0 amide bonds. The molecule has 3 aromatic carbocycles. The standard InChI is InChI=1S/C41H52N2O3/c1-30(44)29-43-27-24-41-34-21-22-35(40(41)46-39-37(45-2)23-20-33(38(39)41)28-36(34)43)42(26-13-19-32-17-10-6-11-18-32)25-12-4-3-7-14-31-15-8-5-9-16-31/h5-6,8-11,15-18,20,23,34-36,40H,3-4,7,12-14,19,21-22,24-29H2,1-2H3/t34-,35-,36+,40-,41-/m0/s1. The van der Waals surface area contributed by atoms with E-state index in [1.807, 2.05) is 0 Å². The number of carbonyl (C=O) groups is 1. The van der Waals surface area contributed by atoms with Crippen molar-refractivity contribution in [1.29, 1.82) is 0 Å². The molecule has 2 aliphatic heterocycles. The van der Waals surface area contributed by atoms with E-state index in [0.717, 1.165) is 63.2 Å². The van der Waals surface area contributed by atoms with Crippen molar-refractivity contribution in [3.8, 4) is 11.5 Å². The highest BCUT2D eigenvalue weighted by atomic mass is 16.5. The molecule has 3 aromatic rings. The average Bonchev–Trinajstić information content (AvgIpc) is 3.42.